The molecule has 0 aromatic heterocycles. The number of phenolic OH excluding ortho intramolecular Hbond substituents is 2. The van der Waals surface area contributed by atoms with Crippen molar-refractivity contribution < 1.29 is 10.2 Å². The molecule has 9 rings (SSSR count). The fourth-order valence-corrected chi connectivity index (χ4v) is 8.35. The Labute approximate surface area is 298 Å². The zero-order chi connectivity index (χ0) is 34.7. The minimum Gasteiger partial charge on any atom is -0.508 e. The predicted octanol–water partition coefficient (Wildman–Crippen LogP) is 12.2. The summed E-state index contributed by atoms with van der Waals surface area (Å²) in [5.41, 5.74) is 14.0. The Balaban J connectivity index is 1.40. The van der Waals surface area contributed by atoms with E-state index in [0.29, 0.717) is 0 Å². The molecule has 8 aromatic carbocycles. The first-order chi connectivity index (χ1) is 24.9. The minimum atomic E-state index is -0.667. The van der Waals surface area contributed by atoms with Gasteiger partial charge in [0.15, 0.2) is 0 Å². The Hall–Kier alpha value is -6.12. The first-order valence-corrected chi connectivity index (χ1v) is 17.9. The molecular weight excluding hydrogens is 621 g/mol. The molecule has 246 valence electrons. The van der Waals surface area contributed by atoms with Gasteiger partial charge in [-0.25, -0.2) is 0 Å². The van der Waals surface area contributed by atoms with Crippen LogP contribution in [0, 0.1) is 0 Å². The lowest BCUT2D eigenvalue weighted by molar-refractivity contribution is 0.475. The third-order valence-corrected chi connectivity index (χ3v) is 11.0. The van der Waals surface area contributed by atoms with Crippen LogP contribution in [0.4, 0.5) is 0 Å². The normalized spacial score (nSPS) is 13.0. The average Bonchev–Trinajstić information content (AvgIpc) is 3.47. The van der Waals surface area contributed by atoms with Gasteiger partial charge in [0.25, 0.3) is 0 Å². The lowest BCUT2D eigenvalue weighted by Gasteiger charge is -2.35. The monoisotopic (exact) mass is 658 g/mol. The van der Waals surface area contributed by atoms with E-state index in [1.807, 2.05) is 24.3 Å². The molecule has 51 heavy (non-hydrogen) atoms. The van der Waals surface area contributed by atoms with E-state index in [1.165, 1.54) is 55.6 Å². The molecule has 0 saturated heterocycles. The van der Waals surface area contributed by atoms with Gasteiger partial charge in [0, 0.05) is 0 Å². The number of phenols is 2. The maximum atomic E-state index is 10.4. The lowest BCUT2D eigenvalue weighted by atomic mass is 9.66. The Morgan fingerprint density at radius 3 is 1.25 bits per heavy atom. The number of hydrogen-bond donors (Lipinski definition) is 2. The summed E-state index contributed by atoms with van der Waals surface area (Å²) < 4.78 is 0. The van der Waals surface area contributed by atoms with Crippen molar-refractivity contribution in [1.29, 1.82) is 0 Å². The quantitative estimate of drug-likeness (QED) is 0.187. The van der Waals surface area contributed by atoms with E-state index in [-0.39, 0.29) is 11.5 Å². The molecule has 1 aliphatic rings. The summed E-state index contributed by atoms with van der Waals surface area (Å²) in [5.74, 6) is 0.523. The van der Waals surface area contributed by atoms with E-state index >= 15 is 0 Å². The van der Waals surface area contributed by atoms with Crippen LogP contribution < -0.4 is 0 Å². The van der Waals surface area contributed by atoms with Crippen LogP contribution in [0.15, 0.2) is 158 Å². The largest absolute Gasteiger partial charge is 0.508 e. The second-order valence-electron chi connectivity index (χ2n) is 13.9. The summed E-state index contributed by atoms with van der Waals surface area (Å²) in [6, 6.07) is 56.5. The van der Waals surface area contributed by atoms with Crippen LogP contribution in [-0.4, -0.2) is 10.2 Å². The number of aryl methyl sites for hydroxylation is 2. The standard InChI is InChI=1S/C49H38O2/c1-3-31-7-5-9-33(23-31)39-15-21-45-46-22-16-40(34-10-6-8-32(4-2)24-34)30-48(46)49(47(45)29-39,41-17-11-37-27-43(50)19-13-35(37)25-41)42-18-12-38-28-44(51)20-14-36(38)26-42/h5-30,50-51H,3-4H2,1-2H3. The van der Waals surface area contributed by atoms with Gasteiger partial charge in [-0.15, -0.1) is 0 Å². The van der Waals surface area contributed by atoms with Crippen LogP contribution in [0.25, 0.3) is 54.9 Å². The summed E-state index contributed by atoms with van der Waals surface area (Å²) in [6.07, 6.45) is 1.96. The molecule has 0 atom stereocenters. The van der Waals surface area contributed by atoms with Gasteiger partial charge in [-0.3, -0.25) is 0 Å². The molecule has 1 aliphatic carbocycles. The minimum absolute atomic E-state index is 0.261. The Morgan fingerprint density at radius 1 is 0.392 bits per heavy atom. The van der Waals surface area contributed by atoms with E-state index in [4.69, 9.17) is 0 Å². The summed E-state index contributed by atoms with van der Waals surface area (Å²) in [7, 11) is 0. The number of rotatable bonds is 6. The van der Waals surface area contributed by atoms with Crippen molar-refractivity contribution in [3.05, 3.63) is 191 Å². The Morgan fingerprint density at radius 2 is 0.804 bits per heavy atom. The van der Waals surface area contributed by atoms with Crippen LogP contribution in [0.2, 0.25) is 0 Å². The molecule has 0 saturated carbocycles. The predicted molar refractivity (Wildman–Crippen MR) is 212 cm³/mol. The molecule has 2 nitrogen and oxygen atoms in total. The molecule has 0 unspecified atom stereocenters. The van der Waals surface area contributed by atoms with Crippen LogP contribution >= 0.6 is 0 Å². The molecule has 0 radical (unpaired) electrons. The first kappa shape index (κ1) is 30.9. The van der Waals surface area contributed by atoms with Gasteiger partial charge in [0.2, 0.25) is 0 Å². The van der Waals surface area contributed by atoms with E-state index < -0.39 is 5.41 Å². The zero-order valence-electron chi connectivity index (χ0n) is 28.8. The molecule has 0 aliphatic heterocycles. The van der Waals surface area contributed by atoms with Gasteiger partial charge >= 0.3 is 0 Å². The molecule has 0 bridgehead atoms. The third-order valence-electron chi connectivity index (χ3n) is 11.0. The van der Waals surface area contributed by atoms with Crippen LogP contribution in [0.1, 0.15) is 47.2 Å². The smallest absolute Gasteiger partial charge is 0.116 e. The summed E-state index contributed by atoms with van der Waals surface area (Å²) >= 11 is 0. The van der Waals surface area contributed by atoms with E-state index in [2.05, 4.69) is 135 Å². The highest BCUT2D eigenvalue weighted by atomic mass is 16.3. The summed E-state index contributed by atoms with van der Waals surface area (Å²) in [4.78, 5) is 0. The van der Waals surface area contributed by atoms with E-state index in [9.17, 15) is 10.2 Å². The maximum absolute atomic E-state index is 10.4. The Kier molecular flexibility index (Phi) is 7.29. The first-order valence-electron chi connectivity index (χ1n) is 17.9. The Bertz CT molecular complexity index is 2460. The fraction of sp³-hybridized carbons (Fsp3) is 0.102. The number of fused-ring (bicyclic) bond motifs is 5. The second-order valence-corrected chi connectivity index (χ2v) is 13.9. The van der Waals surface area contributed by atoms with Crippen LogP contribution in [-0.2, 0) is 18.3 Å². The van der Waals surface area contributed by atoms with Crippen molar-refractivity contribution in [2.24, 2.45) is 0 Å². The summed E-state index contributed by atoms with van der Waals surface area (Å²) in [5, 5.41) is 24.8. The van der Waals surface area contributed by atoms with Gasteiger partial charge in [0.1, 0.15) is 11.5 Å². The SMILES string of the molecule is CCc1cccc(-c2ccc3c(c2)C(c2ccc4cc(O)ccc4c2)(c2ccc4cc(O)ccc4c2)c2cc(-c4cccc(CC)c4)ccc2-3)c1. The maximum Gasteiger partial charge on any atom is 0.116 e. The molecule has 2 N–H and O–H groups in total. The zero-order valence-corrected chi connectivity index (χ0v) is 28.8. The number of aromatic hydroxyl groups is 2. The highest BCUT2D eigenvalue weighted by Crippen LogP contribution is 2.58. The number of benzene rings is 8. The van der Waals surface area contributed by atoms with Crippen molar-refractivity contribution in [2.75, 3.05) is 0 Å². The average molecular weight is 659 g/mol. The molecular formula is C49H38O2. The van der Waals surface area contributed by atoms with Crippen LogP contribution in [0.3, 0.4) is 0 Å². The van der Waals surface area contributed by atoms with E-state index in [0.717, 1.165) is 45.5 Å². The topological polar surface area (TPSA) is 40.5 Å². The van der Waals surface area contributed by atoms with E-state index in [1.54, 1.807) is 12.1 Å². The van der Waals surface area contributed by atoms with Crippen molar-refractivity contribution in [1.82, 2.24) is 0 Å². The highest BCUT2D eigenvalue weighted by molar-refractivity contribution is 5.94. The third kappa shape index (κ3) is 5.02. The fourth-order valence-electron chi connectivity index (χ4n) is 8.35. The lowest BCUT2D eigenvalue weighted by Crippen LogP contribution is -2.28. The highest BCUT2D eigenvalue weighted by Gasteiger charge is 2.46. The molecule has 2 heteroatoms. The van der Waals surface area contributed by atoms with Gasteiger partial charge in [-0.2, -0.15) is 0 Å². The van der Waals surface area contributed by atoms with Crippen molar-refractivity contribution in [3.63, 3.8) is 0 Å². The molecule has 0 heterocycles. The van der Waals surface area contributed by atoms with Gasteiger partial charge in [-0.1, -0.05) is 123 Å². The molecule has 0 spiro atoms. The molecule has 0 amide bonds. The summed E-state index contributed by atoms with van der Waals surface area (Å²) in [6.45, 7) is 4.41. The number of hydrogen-bond acceptors (Lipinski definition) is 2. The van der Waals surface area contributed by atoms with Crippen molar-refractivity contribution >= 4 is 21.5 Å². The molecule has 0 fully saturated rings. The van der Waals surface area contributed by atoms with Gasteiger partial charge in [-0.05, 0) is 150 Å². The van der Waals surface area contributed by atoms with Crippen molar-refractivity contribution in [3.8, 4) is 44.9 Å². The van der Waals surface area contributed by atoms with Crippen molar-refractivity contribution in [2.45, 2.75) is 32.1 Å². The second kappa shape index (κ2) is 12.0. The van der Waals surface area contributed by atoms with Gasteiger partial charge in [0.05, 0.1) is 5.41 Å². The van der Waals surface area contributed by atoms with Gasteiger partial charge < -0.3 is 10.2 Å². The molecule has 8 aromatic rings. The van der Waals surface area contributed by atoms with Crippen LogP contribution in [0.5, 0.6) is 11.5 Å².